The van der Waals surface area contributed by atoms with Crippen LogP contribution in [0.25, 0.3) is 0 Å². The standard InChI is InChI=1S/C16H20Cl2N2O8/c1-3-27-16(26-2)15(23)28-12(11(8-21)19-14(22)13(17)18)9-4-6-10(7-5-9)20(24)25/h4-7,11-13,16,21H,3,8H2,1-2H3,(H,19,22)/t11-,12-,16?/m1/s1. The van der Waals surface area contributed by atoms with E-state index in [1.165, 1.54) is 31.4 Å². The van der Waals surface area contributed by atoms with Crippen LogP contribution in [0, 0.1) is 10.1 Å². The summed E-state index contributed by atoms with van der Waals surface area (Å²) in [6.07, 6.45) is -2.57. The van der Waals surface area contributed by atoms with Gasteiger partial charge in [-0.2, -0.15) is 0 Å². The van der Waals surface area contributed by atoms with Crippen molar-refractivity contribution in [3.8, 4) is 0 Å². The Kier molecular flexibility index (Phi) is 10.1. The molecule has 0 aliphatic heterocycles. The minimum absolute atomic E-state index is 0.163. The van der Waals surface area contributed by atoms with Crippen molar-refractivity contribution in [2.75, 3.05) is 20.3 Å². The molecular formula is C16H20Cl2N2O8. The van der Waals surface area contributed by atoms with Crippen LogP contribution < -0.4 is 5.32 Å². The van der Waals surface area contributed by atoms with Gasteiger partial charge in [-0.05, 0) is 24.6 Å². The number of non-ortho nitro benzene ring substituents is 1. The smallest absolute Gasteiger partial charge is 0.364 e. The van der Waals surface area contributed by atoms with Crippen LogP contribution in [0.4, 0.5) is 5.69 Å². The maximum Gasteiger partial charge on any atom is 0.364 e. The van der Waals surface area contributed by atoms with Gasteiger partial charge in [0.05, 0.1) is 17.6 Å². The highest BCUT2D eigenvalue weighted by Crippen LogP contribution is 2.25. The van der Waals surface area contributed by atoms with Crippen molar-refractivity contribution >= 4 is 40.8 Å². The number of carbonyl (C=O) groups is 2. The van der Waals surface area contributed by atoms with E-state index < -0.39 is 46.7 Å². The molecule has 1 unspecified atom stereocenters. The summed E-state index contributed by atoms with van der Waals surface area (Å²) in [5.41, 5.74) is 0.0782. The van der Waals surface area contributed by atoms with Crippen LogP contribution >= 0.6 is 23.2 Å². The van der Waals surface area contributed by atoms with Crippen LogP contribution in [0.3, 0.4) is 0 Å². The molecule has 0 radical (unpaired) electrons. The number of amides is 1. The summed E-state index contributed by atoms with van der Waals surface area (Å²) >= 11 is 11.0. The first kappa shape index (κ1) is 24.1. The molecule has 156 valence electrons. The highest BCUT2D eigenvalue weighted by Gasteiger charge is 2.32. The largest absolute Gasteiger partial charge is 0.451 e. The number of esters is 1. The number of benzene rings is 1. The summed E-state index contributed by atoms with van der Waals surface area (Å²) in [6, 6.07) is 3.89. The Hall–Kier alpha value is -1.98. The molecule has 0 spiro atoms. The number of nitro groups is 1. The first-order chi connectivity index (χ1) is 13.2. The average molecular weight is 439 g/mol. The number of aliphatic hydroxyl groups is 1. The molecule has 0 saturated heterocycles. The van der Waals surface area contributed by atoms with Gasteiger partial charge in [0.25, 0.3) is 17.9 Å². The number of hydrogen-bond acceptors (Lipinski definition) is 8. The predicted octanol–water partition coefficient (Wildman–Crippen LogP) is 1.47. The second-order valence-electron chi connectivity index (χ2n) is 5.33. The van der Waals surface area contributed by atoms with Crippen molar-refractivity contribution in [3.05, 3.63) is 39.9 Å². The zero-order chi connectivity index (χ0) is 21.3. The molecule has 3 atom stereocenters. The van der Waals surface area contributed by atoms with Gasteiger partial charge < -0.3 is 24.6 Å². The first-order valence-corrected chi connectivity index (χ1v) is 8.91. The molecule has 10 nitrogen and oxygen atoms in total. The SMILES string of the molecule is CCOC(OC)C(=O)O[C@H](c1ccc([N+](=O)[O-])cc1)[C@@H](CO)NC(=O)C(Cl)Cl. The fourth-order valence-electron chi connectivity index (χ4n) is 2.20. The van der Waals surface area contributed by atoms with Gasteiger partial charge in [-0.1, -0.05) is 23.2 Å². The molecule has 1 rings (SSSR count). The molecule has 0 fully saturated rings. The zero-order valence-electron chi connectivity index (χ0n) is 15.0. The van der Waals surface area contributed by atoms with Gasteiger partial charge in [0, 0.05) is 25.8 Å². The lowest BCUT2D eigenvalue weighted by Crippen LogP contribution is -2.46. The van der Waals surface area contributed by atoms with E-state index >= 15 is 0 Å². The monoisotopic (exact) mass is 438 g/mol. The lowest BCUT2D eigenvalue weighted by Gasteiger charge is -2.28. The van der Waals surface area contributed by atoms with Gasteiger partial charge in [0.15, 0.2) is 4.84 Å². The Morgan fingerprint density at radius 3 is 2.32 bits per heavy atom. The summed E-state index contributed by atoms with van der Waals surface area (Å²) in [7, 11) is 1.24. The number of methoxy groups -OCH3 is 1. The molecule has 0 aliphatic carbocycles. The normalized spacial score (nSPS) is 14.2. The summed E-state index contributed by atoms with van der Waals surface area (Å²) in [4.78, 5) is 33.0. The van der Waals surface area contributed by atoms with E-state index in [4.69, 9.17) is 37.4 Å². The molecule has 0 saturated carbocycles. The van der Waals surface area contributed by atoms with Crippen LogP contribution in [0.1, 0.15) is 18.6 Å². The second-order valence-corrected chi connectivity index (χ2v) is 6.42. The van der Waals surface area contributed by atoms with E-state index in [1.54, 1.807) is 6.92 Å². The number of carbonyl (C=O) groups excluding carboxylic acids is 2. The van der Waals surface area contributed by atoms with E-state index in [9.17, 15) is 24.8 Å². The minimum atomic E-state index is -1.42. The number of nitrogens with one attached hydrogen (secondary N) is 1. The highest BCUT2D eigenvalue weighted by molar-refractivity contribution is 6.53. The summed E-state index contributed by atoms with van der Waals surface area (Å²) in [5.74, 6) is -1.74. The number of ether oxygens (including phenoxy) is 3. The molecule has 1 amide bonds. The number of nitrogens with zero attached hydrogens (tertiary/aromatic N) is 1. The molecule has 0 aromatic heterocycles. The maximum absolute atomic E-state index is 12.3. The van der Waals surface area contributed by atoms with Crippen LogP contribution in [0.2, 0.25) is 0 Å². The molecule has 0 heterocycles. The lowest BCUT2D eigenvalue weighted by molar-refractivity contribution is -0.384. The topological polar surface area (TPSA) is 137 Å². The third-order valence-electron chi connectivity index (χ3n) is 3.49. The van der Waals surface area contributed by atoms with Crippen molar-refractivity contribution < 1.29 is 33.8 Å². The molecule has 28 heavy (non-hydrogen) atoms. The molecule has 2 N–H and O–H groups in total. The van der Waals surface area contributed by atoms with Crippen LogP contribution in [-0.2, 0) is 23.8 Å². The average Bonchev–Trinajstić information content (AvgIpc) is 2.68. The molecule has 1 aromatic carbocycles. The molecular weight excluding hydrogens is 419 g/mol. The lowest BCUT2D eigenvalue weighted by atomic mass is 10.0. The van der Waals surface area contributed by atoms with E-state index in [-0.39, 0.29) is 17.9 Å². The van der Waals surface area contributed by atoms with E-state index in [1.807, 2.05) is 0 Å². The number of hydrogen-bond donors (Lipinski definition) is 2. The van der Waals surface area contributed by atoms with Crippen LogP contribution in [0.15, 0.2) is 24.3 Å². The Labute approximate surface area is 170 Å². The van der Waals surface area contributed by atoms with Crippen molar-refractivity contribution in [3.63, 3.8) is 0 Å². The number of rotatable bonds is 11. The third-order valence-corrected chi connectivity index (χ3v) is 3.88. The Bertz CT molecular complexity index is 671. The van der Waals surface area contributed by atoms with Crippen molar-refractivity contribution in [1.82, 2.24) is 5.32 Å². The number of alkyl halides is 2. The number of aliphatic hydroxyl groups excluding tert-OH is 1. The Morgan fingerprint density at radius 1 is 1.29 bits per heavy atom. The van der Waals surface area contributed by atoms with Crippen LogP contribution in [-0.4, -0.2) is 59.4 Å². The molecule has 0 bridgehead atoms. The maximum atomic E-state index is 12.3. The minimum Gasteiger partial charge on any atom is -0.451 e. The number of nitro benzene ring substituents is 1. The third kappa shape index (κ3) is 6.88. The fraction of sp³-hybridized carbons (Fsp3) is 0.500. The number of halogens is 2. The van der Waals surface area contributed by atoms with Crippen molar-refractivity contribution in [2.45, 2.75) is 30.2 Å². The quantitative estimate of drug-likeness (QED) is 0.174. The van der Waals surface area contributed by atoms with E-state index in [0.717, 1.165) is 0 Å². The Morgan fingerprint density at radius 2 is 1.89 bits per heavy atom. The van der Waals surface area contributed by atoms with Crippen LogP contribution in [0.5, 0.6) is 0 Å². The van der Waals surface area contributed by atoms with Crippen molar-refractivity contribution in [2.24, 2.45) is 0 Å². The van der Waals surface area contributed by atoms with Gasteiger partial charge in [-0.25, -0.2) is 4.79 Å². The highest BCUT2D eigenvalue weighted by atomic mass is 35.5. The van der Waals surface area contributed by atoms with Gasteiger partial charge in [-0.3, -0.25) is 14.9 Å². The van der Waals surface area contributed by atoms with Gasteiger partial charge in [0.2, 0.25) is 0 Å². The summed E-state index contributed by atoms with van der Waals surface area (Å²) in [6.45, 7) is 1.16. The van der Waals surface area contributed by atoms with E-state index in [2.05, 4.69) is 5.32 Å². The first-order valence-electron chi connectivity index (χ1n) is 8.03. The molecule has 1 aromatic rings. The summed E-state index contributed by atoms with van der Waals surface area (Å²) < 4.78 is 15.3. The van der Waals surface area contributed by atoms with Gasteiger partial charge in [-0.15, -0.1) is 0 Å². The zero-order valence-corrected chi connectivity index (χ0v) is 16.6. The summed E-state index contributed by atoms with van der Waals surface area (Å²) in [5, 5.41) is 22.9. The van der Waals surface area contributed by atoms with Gasteiger partial charge >= 0.3 is 5.97 Å². The van der Waals surface area contributed by atoms with E-state index in [0.29, 0.717) is 0 Å². The van der Waals surface area contributed by atoms with Gasteiger partial charge in [0.1, 0.15) is 6.10 Å². The second kappa shape index (κ2) is 11.8. The Balaban J connectivity index is 3.18. The van der Waals surface area contributed by atoms with Crippen molar-refractivity contribution in [1.29, 1.82) is 0 Å². The molecule has 0 aliphatic rings. The predicted molar refractivity (Wildman–Crippen MR) is 98.9 cm³/mol. The fourth-order valence-corrected chi connectivity index (χ4v) is 2.32. The molecule has 12 heteroatoms.